The number of fused-ring (bicyclic) bond motifs is 2. The fourth-order valence-corrected chi connectivity index (χ4v) is 2.03. The van der Waals surface area contributed by atoms with E-state index in [2.05, 4.69) is 12.2 Å². The summed E-state index contributed by atoms with van der Waals surface area (Å²) in [6.07, 6.45) is 6.84. The van der Waals surface area contributed by atoms with Gasteiger partial charge in [0.2, 0.25) is 0 Å². The summed E-state index contributed by atoms with van der Waals surface area (Å²) in [4.78, 5) is 0. The van der Waals surface area contributed by atoms with E-state index in [1.807, 2.05) is 0 Å². The van der Waals surface area contributed by atoms with E-state index >= 15 is 0 Å². The van der Waals surface area contributed by atoms with Crippen LogP contribution in [0.2, 0.25) is 0 Å². The Balaban J connectivity index is 1.98. The molecule has 0 aromatic carbocycles. The normalized spacial score (nSPS) is 39.5. The maximum absolute atomic E-state index is 6.97. The third-order valence-corrected chi connectivity index (χ3v) is 2.50. The predicted octanol–water partition coefficient (Wildman–Crippen LogP) is 0.861. The van der Waals surface area contributed by atoms with Crippen LogP contribution in [0.25, 0.3) is 0 Å². The molecule has 2 aliphatic carbocycles. The smallest absolute Gasteiger partial charge is 0.279 e. The lowest BCUT2D eigenvalue weighted by atomic mass is 10.1. The van der Waals surface area contributed by atoms with Gasteiger partial charge in [0.1, 0.15) is 6.10 Å². The first-order valence-electron chi connectivity index (χ1n) is 3.94. The van der Waals surface area contributed by atoms with Crippen molar-refractivity contribution in [1.29, 1.82) is 5.41 Å². The Hall–Kier alpha value is -0.990. The Morgan fingerprint density at radius 2 is 2.27 bits per heavy atom. The standard InChI is InChI=1S/C8H12N2O/c9-8(10)11-7-4-5-1-2-6(7)3-5/h1-2,5-7H,3-4H2,(H3,9,10)/t5-,6+,7-/m0/s1. The van der Waals surface area contributed by atoms with Crippen molar-refractivity contribution in [2.24, 2.45) is 17.6 Å². The van der Waals surface area contributed by atoms with Crippen LogP contribution in [0.4, 0.5) is 0 Å². The predicted molar refractivity (Wildman–Crippen MR) is 42.1 cm³/mol. The Morgan fingerprint density at radius 1 is 1.45 bits per heavy atom. The van der Waals surface area contributed by atoms with Crippen LogP contribution in [0, 0.1) is 17.2 Å². The zero-order valence-electron chi connectivity index (χ0n) is 6.29. The quantitative estimate of drug-likeness (QED) is 0.332. The van der Waals surface area contributed by atoms with Crippen molar-refractivity contribution in [2.75, 3.05) is 0 Å². The van der Waals surface area contributed by atoms with Crippen molar-refractivity contribution in [3.63, 3.8) is 0 Å². The van der Waals surface area contributed by atoms with E-state index in [0.29, 0.717) is 11.8 Å². The van der Waals surface area contributed by atoms with Gasteiger partial charge < -0.3 is 10.5 Å². The number of nitrogens with one attached hydrogen (secondary N) is 1. The highest BCUT2D eigenvalue weighted by molar-refractivity contribution is 5.67. The van der Waals surface area contributed by atoms with Gasteiger partial charge in [-0.25, -0.2) is 0 Å². The van der Waals surface area contributed by atoms with Gasteiger partial charge in [0.25, 0.3) is 6.02 Å². The molecule has 3 N–H and O–H groups in total. The molecule has 2 aliphatic rings. The second-order valence-corrected chi connectivity index (χ2v) is 3.30. The lowest BCUT2D eigenvalue weighted by Crippen LogP contribution is -2.26. The molecule has 0 unspecified atom stereocenters. The van der Waals surface area contributed by atoms with Gasteiger partial charge in [0, 0.05) is 5.92 Å². The lowest BCUT2D eigenvalue weighted by molar-refractivity contribution is 0.157. The number of ether oxygens (including phenoxy) is 1. The van der Waals surface area contributed by atoms with Crippen LogP contribution >= 0.6 is 0 Å². The molecule has 0 amide bonds. The third-order valence-electron chi connectivity index (χ3n) is 2.50. The zero-order valence-corrected chi connectivity index (χ0v) is 6.29. The fourth-order valence-electron chi connectivity index (χ4n) is 2.03. The van der Waals surface area contributed by atoms with Gasteiger partial charge >= 0.3 is 0 Å². The van der Waals surface area contributed by atoms with E-state index in [9.17, 15) is 0 Å². The summed E-state index contributed by atoms with van der Waals surface area (Å²) in [6.45, 7) is 0. The topological polar surface area (TPSA) is 59.1 Å². The number of hydrogen-bond donors (Lipinski definition) is 2. The fraction of sp³-hybridized carbons (Fsp3) is 0.625. The maximum atomic E-state index is 6.97. The van der Waals surface area contributed by atoms with E-state index in [0.717, 1.165) is 6.42 Å². The van der Waals surface area contributed by atoms with Crippen LogP contribution in [-0.2, 0) is 4.74 Å². The highest BCUT2D eigenvalue weighted by Crippen LogP contribution is 2.40. The molecule has 0 saturated heterocycles. The molecule has 60 valence electrons. The lowest BCUT2D eigenvalue weighted by Gasteiger charge is -2.18. The molecule has 0 spiro atoms. The molecule has 0 heterocycles. The van der Waals surface area contributed by atoms with E-state index in [1.54, 1.807) is 0 Å². The van der Waals surface area contributed by atoms with Crippen LogP contribution < -0.4 is 5.73 Å². The second-order valence-electron chi connectivity index (χ2n) is 3.30. The Kier molecular flexibility index (Phi) is 1.37. The molecule has 0 radical (unpaired) electrons. The van der Waals surface area contributed by atoms with Crippen molar-refractivity contribution >= 4 is 6.02 Å². The summed E-state index contributed by atoms with van der Waals surface area (Å²) < 4.78 is 5.15. The molecule has 3 heteroatoms. The largest absolute Gasteiger partial charge is 0.462 e. The molecule has 0 aromatic rings. The highest BCUT2D eigenvalue weighted by atomic mass is 16.5. The summed E-state index contributed by atoms with van der Waals surface area (Å²) in [6, 6.07) is -0.143. The minimum atomic E-state index is -0.143. The summed E-state index contributed by atoms with van der Waals surface area (Å²) in [7, 11) is 0. The van der Waals surface area contributed by atoms with Gasteiger partial charge in [0.15, 0.2) is 0 Å². The van der Waals surface area contributed by atoms with Crippen molar-refractivity contribution in [3.05, 3.63) is 12.2 Å². The first-order chi connectivity index (χ1) is 5.25. The van der Waals surface area contributed by atoms with Crippen LogP contribution in [-0.4, -0.2) is 12.1 Å². The van der Waals surface area contributed by atoms with Gasteiger partial charge in [-0.05, 0) is 18.8 Å². The average molecular weight is 152 g/mol. The number of hydrogen-bond acceptors (Lipinski definition) is 2. The molecule has 1 fully saturated rings. The Labute approximate surface area is 65.7 Å². The maximum Gasteiger partial charge on any atom is 0.279 e. The van der Waals surface area contributed by atoms with Crippen LogP contribution in [0.15, 0.2) is 12.2 Å². The Bertz CT molecular complexity index is 212. The Morgan fingerprint density at radius 3 is 2.73 bits per heavy atom. The van der Waals surface area contributed by atoms with Crippen LogP contribution in [0.3, 0.4) is 0 Å². The molecule has 3 nitrogen and oxygen atoms in total. The molecule has 11 heavy (non-hydrogen) atoms. The molecule has 0 aliphatic heterocycles. The van der Waals surface area contributed by atoms with E-state index in [1.165, 1.54) is 6.42 Å². The number of nitrogens with two attached hydrogens (primary N) is 1. The first-order valence-corrected chi connectivity index (χ1v) is 3.94. The van der Waals surface area contributed by atoms with E-state index < -0.39 is 0 Å². The van der Waals surface area contributed by atoms with Crippen molar-refractivity contribution < 1.29 is 4.74 Å². The third kappa shape index (κ3) is 1.11. The number of amidine groups is 1. The van der Waals surface area contributed by atoms with Gasteiger partial charge in [-0.15, -0.1) is 0 Å². The van der Waals surface area contributed by atoms with Gasteiger partial charge in [-0.1, -0.05) is 12.2 Å². The molecule has 2 rings (SSSR count). The SMILES string of the molecule is N=C(N)O[C@H]1C[C@H]2C=C[C@@H]1C2. The number of rotatable bonds is 1. The van der Waals surface area contributed by atoms with Crippen LogP contribution in [0.5, 0.6) is 0 Å². The second kappa shape index (κ2) is 2.26. The monoisotopic (exact) mass is 152 g/mol. The minimum absolute atomic E-state index is 0.143. The van der Waals surface area contributed by atoms with Gasteiger partial charge in [0.05, 0.1) is 0 Å². The molecule has 1 saturated carbocycles. The average Bonchev–Trinajstić information content (AvgIpc) is 2.45. The molecular weight excluding hydrogens is 140 g/mol. The van der Waals surface area contributed by atoms with E-state index in [-0.39, 0.29) is 12.1 Å². The zero-order chi connectivity index (χ0) is 7.84. The van der Waals surface area contributed by atoms with Gasteiger partial charge in [-0.2, -0.15) is 0 Å². The first kappa shape index (κ1) is 6.70. The molecule has 3 atom stereocenters. The molecule has 0 aromatic heterocycles. The van der Waals surface area contributed by atoms with Gasteiger partial charge in [-0.3, -0.25) is 5.41 Å². The summed E-state index contributed by atoms with van der Waals surface area (Å²) in [5.41, 5.74) is 5.14. The number of allylic oxidation sites excluding steroid dienone is 1. The van der Waals surface area contributed by atoms with Crippen molar-refractivity contribution in [1.82, 2.24) is 0 Å². The van der Waals surface area contributed by atoms with Crippen LogP contribution in [0.1, 0.15) is 12.8 Å². The summed E-state index contributed by atoms with van der Waals surface area (Å²) in [5.74, 6) is 1.20. The highest BCUT2D eigenvalue weighted by Gasteiger charge is 2.37. The molecular formula is C8H12N2O. The molecule has 2 bridgehead atoms. The summed E-state index contributed by atoms with van der Waals surface area (Å²) in [5, 5.41) is 6.97. The summed E-state index contributed by atoms with van der Waals surface area (Å²) >= 11 is 0. The van der Waals surface area contributed by atoms with E-state index in [4.69, 9.17) is 15.9 Å². The minimum Gasteiger partial charge on any atom is -0.462 e. The van der Waals surface area contributed by atoms with Crippen molar-refractivity contribution in [2.45, 2.75) is 18.9 Å². The van der Waals surface area contributed by atoms with Crippen molar-refractivity contribution in [3.8, 4) is 0 Å².